The maximum absolute atomic E-state index is 4.58. The number of benzene rings is 8. The summed E-state index contributed by atoms with van der Waals surface area (Å²) in [5.41, 5.74) is 16.7. The minimum absolute atomic E-state index is 0.897. The third-order valence-corrected chi connectivity index (χ3v) is 11.1. The Morgan fingerprint density at radius 1 is 0.407 bits per heavy atom. The SMILES string of the molecule is Cc1cc(-c2ccc(-n3c4ccc(N(c5ccccc5)c5ccccc5)cc4c4cc(N(c5ccccc5)c5ccccc5)ccc43)cc2)cc(C)c1-c1cnccn1. The van der Waals surface area contributed by atoms with Crippen LogP contribution < -0.4 is 9.80 Å². The molecule has 10 aromatic rings. The molecule has 0 saturated carbocycles. The molecular formula is C54H41N5. The van der Waals surface area contributed by atoms with Gasteiger partial charge in [0.1, 0.15) is 0 Å². The van der Waals surface area contributed by atoms with Gasteiger partial charge < -0.3 is 14.4 Å². The zero-order valence-corrected chi connectivity index (χ0v) is 32.9. The van der Waals surface area contributed by atoms with Crippen LogP contribution in [0.15, 0.2) is 213 Å². The summed E-state index contributed by atoms with van der Waals surface area (Å²) in [6, 6.07) is 69.7. The number of nitrogens with zero attached hydrogens (tertiary/aromatic N) is 5. The molecule has 8 aromatic carbocycles. The maximum atomic E-state index is 4.58. The minimum atomic E-state index is 0.897. The van der Waals surface area contributed by atoms with E-state index in [4.69, 9.17) is 0 Å². The third kappa shape index (κ3) is 6.69. The van der Waals surface area contributed by atoms with E-state index in [9.17, 15) is 0 Å². The number of rotatable bonds is 9. The van der Waals surface area contributed by atoms with Crippen molar-refractivity contribution in [3.8, 4) is 28.1 Å². The first-order valence-corrected chi connectivity index (χ1v) is 20.0. The maximum Gasteiger partial charge on any atom is 0.0890 e. The average molecular weight is 760 g/mol. The van der Waals surface area contributed by atoms with Crippen molar-refractivity contribution in [2.45, 2.75) is 13.8 Å². The smallest absolute Gasteiger partial charge is 0.0890 e. The van der Waals surface area contributed by atoms with Crippen molar-refractivity contribution in [2.24, 2.45) is 0 Å². The summed E-state index contributed by atoms with van der Waals surface area (Å²) >= 11 is 0. The molecule has 2 aromatic heterocycles. The van der Waals surface area contributed by atoms with Crippen molar-refractivity contribution < 1.29 is 0 Å². The van der Waals surface area contributed by atoms with E-state index in [2.05, 4.69) is 232 Å². The van der Waals surface area contributed by atoms with Gasteiger partial charge >= 0.3 is 0 Å². The van der Waals surface area contributed by atoms with E-state index in [0.29, 0.717) is 0 Å². The molecule has 0 bridgehead atoms. The van der Waals surface area contributed by atoms with Gasteiger partial charge in [0.15, 0.2) is 0 Å². The highest BCUT2D eigenvalue weighted by Crippen LogP contribution is 2.43. The molecule has 0 saturated heterocycles. The van der Waals surface area contributed by atoms with Crippen molar-refractivity contribution in [1.29, 1.82) is 0 Å². The van der Waals surface area contributed by atoms with Crippen LogP contribution in [0.5, 0.6) is 0 Å². The Balaban J connectivity index is 1.15. The molecule has 10 rings (SSSR count). The van der Waals surface area contributed by atoms with Gasteiger partial charge in [-0.1, -0.05) is 97.1 Å². The van der Waals surface area contributed by atoms with Crippen LogP contribution in [0.2, 0.25) is 0 Å². The van der Waals surface area contributed by atoms with Gasteiger partial charge in [-0.3, -0.25) is 9.97 Å². The van der Waals surface area contributed by atoms with Gasteiger partial charge in [0.25, 0.3) is 0 Å². The molecule has 5 heteroatoms. The zero-order valence-electron chi connectivity index (χ0n) is 32.9. The van der Waals surface area contributed by atoms with Gasteiger partial charge in [-0.05, 0) is 133 Å². The standard InChI is InChI=1S/C54H41N5/c1-38-33-41(34-39(2)54(38)51-37-55-31-32-56-51)40-23-25-46(26-24-40)59-52-29-27-47(57(42-15-7-3-8-16-42)43-17-9-4-10-18-43)35-49(52)50-36-48(28-30-53(50)59)58(44-19-11-5-12-20-44)45-21-13-6-14-22-45/h3-37H,1-2H3. The number of aromatic nitrogens is 3. The van der Waals surface area contributed by atoms with Crippen LogP contribution in [0.3, 0.4) is 0 Å². The Morgan fingerprint density at radius 3 is 1.25 bits per heavy atom. The van der Waals surface area contributed by atoms with Crippen LogP contribution >= 0.6 is 0 Å². The van der Waals surface area contributed by atoms with Crippen molar-refractivity contribution in [2.75, 3.05) is 9.80 Å². The Bertz CT molecular complexity index is 2790. The Morgan fingerprint density at radius 2 is 0.847 bits per heavy atom. The fourth-order valence-corrected chi connectivity index (χ4v) is 8.52. The highest BCUT2D eigenvalue weighted by Gasteiger charge is 2.20. The summed E-state index contributed by atoms with van der Waals surface area (Å²) < 4.78 is 2.40. The molecule has 0 aliphatic heterocycles. The fraction of sp³-hybridized carbons (Fsp3) is 0.0370. The number of para-hydroxylation sites is 4. The summed E-state index contributed by atoms with van der Waals surface area (Å²) in [4.78, 5) is 13.6. The Hall–Kier alpha value is -7.76. The topological polar surface area (TPSA) is 37.2 Å². The van der Waals surface area contributed by atoms with E-state index in [-0.39, 0.29) is 0 Å². The number of hydrogen-bond acceptors (Lipinski definition) is 4. The van der Waals surface area contributed by atoms with Crippen molar-refractivity contribution >= 4 is 55.9 Å². The van der Waals surface area contributed by atoms with Crippen LogP contribution in [0, 0.1) is 13.8 Å². The Kier molecular flexibility index (Phi) is 9.24. The molecule has 282 valence electrons. The van der Waals surface area contributed by atoms with Gasteiger partial charge in [-0.15, -0.1) is 0 Å². The summed E-state index contributed by atoms with van der Waals surface area (Å²) in [6.07, 6.45) is 5.30. The van der Waals surface area contributed by atoms with E-state index in [1.54, 1.807) is 12.4 Å². The second kappa shape index (κ2) is 15.3. The molecule has 0 amide bonds. The number of anilines is 6. The molecule has 0 fully saturated rings. The summed E-state index contributed by atoms with van der Waals surface area (Å²) in [6.45, 7) is 4.31. The normalized spacial score (nSPS) is 11.2. The monoisotopic (exact) mass is 759 g/mol. The van der Waals surface area contributed by atoms with Gasteiger partial charge in [0.05, 0.1) is 22.9 Å². The lowest BCUT2D eigenvalue weighted by Crippen LogP contribution is -2.09. The second-order valence-electron chi connectivity index (χ2n) is 14.9. The third-order valence-electron chi connectivity index (χ3n) is 11.1. The molecule has 0 N–H and O–H groups in total. The fourth-order valence-electron chi connectivity index (χ4n) is 8.52. The summed E-state index contributed by atoms with van der Waals surface area (Å²) in [7, 11) is 0. The molecule has 0 atom stereocenters. The first-order valence-electron chi connectivity index (χ1n) is 20.0. The van der Waals surface area contributed by atoms with Gasteiger partial charge in [0, 0.05) is 68.5 Å². The average Bonchev–Trinajstić information content (AvgIpc) is 3.61. The lowest BCUT2D eigenvalue weighted by atomic mass is 9.94. The number of aryl methyl sites for hydroxylation is 2. The molecule has 0 aliphatic rings. The molecular weight excluding hydrogens is 719 g/mol. The van der Waals surface area contributed by atoms with E-state index >= 15 is 0 Å². The largest absolute Gasteiger partial charge is 0.310 e. The Labute approximate surface area is 344 Å². The van der Waals surface area contributed by atoms with Gasteiger partial charge in [-0.25, -0.2) is 0 Å². The molecule has 0 radical (unpaired) electrons. The van der Waals surface area contributed by atoms with Gasteiger partial charge in [0.2, 0.25) is 0 Å². The second-order valence-corrected chi connectivity index (χ2v) is 14.9. The zero-order chi connectivity index (χ0) is 39.7. The highest BCUT2D eigenvalue weighted by atomic mass is 15.1. The lowest BCUT2D eigenvalue weighted by Gasteiger charge is -2.26. The molecule has 5 nitrogen and oxygen atoms in total. The minimum Gasteiger partial charge on any atom is -0.310 e. The van der Waals surface area contributed by atoms with E-state index in [0.717, 1.165) is 62.1 Å². The predicted octanol–water partition coefficient (Wildman–Crippen LogP) is 14.5. The molecule has 2 heterocycles. The molecule has 0 unspecified atom stereocenters. The van der Waals surface area contributed by atoms with Crippen LogP contribution in [0.1, 0.15) is 11.1 Å². The highest BCUT2D eigenvalue weighted by molar-refractivity contribution is 6.12. The van der Waals surface area contributed by atoms with Crippen LogP contribution in [-0.4, -0.2) is 14.5 Å². The molecule has 0 aliphatic carbocycles. The van der Waals surface area contributed by atoms with Gasteiger partial charge in [-0.2, -0.15) is 0 Å². The van der Waals surface area contributed by atoms with E-state index in [1.165, 1.54) is 33.0 Å². The summed E-state index contributed by atoms with van der Waals surface area (Å²) in [5, 5.41) is 2.35. The molecule has 0 spiro atoms. The van der Waals surface area contributed by atoms with Crippen molar-refractivity contribution in [3.63, 3.8) is 0 Å². The summed E-state index contributed by atoms with van der Waals surface area (Å²) in [5.74, 6) is 0. The van der Waals surface area contributed by atoms with Crippen molar-refractivity contribution in [3.05, 3.63) is 224 Å². The van der Waals surface area contributed by atoms with Crippen molar-refractivity contribution in [1.82, 2.24) is 14.5 Å². The number of hydrogen-bond donors (Lipinski definition) is 0. The predicted molar refractivity (Wildman–Crippen MR) is 246 cm³/mol. The molecule has 59 heavy (non-hydrogen) atoms. The quantitative estimate of drug-likeness (QED) is 0.147. The van der Waals surface area contributed by atoms with Crippen LogP contribution in [0.4, 0.5) is 34.1 Å². The number of fused-ring (bicyclic) bond motifs is 3. The van der Waals surface area contributed by atoms with E-state index in [1.807, 2.05) is 6.20 Å². The van der Waals surface area contributed by atoms with Crippen LogP contribution in [-0.2, 0) is 0 Å². The van der Waals surface area contributed by atoms with E-state index < -0.39 is 0 Å². The first kappa shape index (κ1) is 35.6. The van der Waals surface area contributed by atoms with Crippen LogP contribution in [0.25, 0.3) is 49.9 Å². The first-order chi connectivity index (χ1) is 29.1. The lowest BCUT2D eigenvalue weighted by molar-refractivity contribution is 1.18.